The summed E-state index contributed by atoms with van der Waals surface area (Å²) in [6, 6.07) is 13.9. The highest BCUT2D eigenvalue weighted by molar-refractivity contribution is 6.35. The van der Waals surface area contributed by atoms with E-state index in [-0.39, 0.29) is 0 Å². The Morgan fingerprint density at radius 2 is 1.53 bits per heavy atom. The maximum atomic E-state index is 5.93. The molecule has 0 aliphatic carbocycles. The van der Waals surface area contributed by atoms with Crippen molar-refractivity contribution in [3.63, 3.8) is 0 Å². The summed E-state index contributed by atoms with van der Waals surface area (Å²) in [6.45, 7) is 2.84. The molecule has 0 amide bonds. The van der Waals surface area contributed by atoms with Crippen molar-refractivity contribution >= 4 is 28.9 Å². The Kier molecular flexibility index (Phi) is 3.93. The maximum Gasteiger partial charge on any atom is 0.0441 e. The number of nitrogens with one attached hydrogen (secondary N) is 1. The summed E-state index contributed by atoms with van der Waals surface area (Å²) in [5.74, 6) is 0. The number of rotatable bonds is 3. The third kappa shape index (κ3) is 3.65. The van der Waals surface area contributed by atoms with Gasteiger partial charge < -0.3 is 5.32 Å². The van der Waals surface area contributed by atoms with Crippen LogP contribution in [0.2, 0.25) is 10.0 Å². The molecule has 2 aromatic carbocycles. The molecule has 0 aliphatic rings. The smallest absolute Gasteiger partial charge is 0.0441 e. The van der Waals surface area contributed by atoms with E-state index in [1.54, 1.807) is 6.07 Å². The summed E-state index contributed by atoms with van der Waals surface area (Å²) < 4.78 is 0. The summed E-state index contributed by atoms with van der Waals surface area (Å²) in [4.78, 5) is 0. The molecule has 0 saturated heterocycles. The Bertz CT molecular complexity index is 486. The van der Waals surface area contributed by atoms with E-state index in [1.807, 2.05) is 12.1 Å². The molecule has 88 valence electrons. The number of aryl methyl sites for hydroxylation is 1. The standard InChI is InChI=1S/C14H13Cl2N/c1-10-2-4-11(5-3-10)9-17-14-7-12(15)6-13(16)8-14/h2-8,17H,9H2,1H3. The van der Waals surface area contributed by atoms with Crippen LogP contribution in [0.25, 0.3) is 0 Å². The Balaban J connectivity index is 2.04. The molecule has 2 rings (SSSR count). The molecule has 0 aromatic heterocycles. The van der Waals surface area contributed by atoms with Crippen LogP contribution in [-0.4, -0.2) is 0 Å². The lowest BCUT2D eigenvalue weighted by Crippen LogP contribution is -1.99. The van der Waals surface area contributed by atoms with Crippen LogP contribution in [0.3, 0.4) is 0 Å². The van der Waals surface area contributed by atoms with Crippen LogP contribution in [0, 0.1) is 6.92 Å². The van der Waals surface area contributed by atoms with Crippen LogP contribution in [0.15, 0.2) is 42.5 Å². The van der Waals surface area contributed by atoms with Crippen LogP contribution in [-0.2, 0) is 6.54 Å². The van der Waals surface area contributed by atoms with Crippen molar-refractivity contribution in [2.45, 2.75) is 13.5 Å². The van der Waals surface area contributed by atoms with E-state index >= 15 is 0 Å². The third-order valence-corrected chi connectivity index (χ3v) is 2.92. The first-order valence-corrected chi connectivity index (χ1v) is 6.14. The molecule has 1 N–H and O–H groups in total. The lowest BCUT2D eigenvalue weighted by atomic mass is 10.1. The van der Waals surface area contributed by atoms with Crippen molar-refractivity contribution in [1.29, 1.82) is 0 Å². The average Bonchev–Trinajstić information content (AvgIpc) is 2.27. The number of halogens is 2. The Morgan fingerprint density at radius 1 is 0.941 bits per heavy atom. The first kappa shape index (κ1) is 12.3. The van der Waals surface area contributed by atoms with Gasteiger partial charge in [0, 0.05) is 22.3 Å². The Morgan fingerprint density at radius 3 is 2.12 bits per heavy atom. The van der Waals surface area contributed by atoms with Crippen molar-refractivity contribution < 1.29 is 0 Å². The molecule has 0 aliphatic heterocycles. The second-order valence-corrected chi connectivity index (χ2v) is 4.87. The minimum absolute atomic E-state index is 0.643. The van der Waals surface area contributed by atoms with Gasteiger partial charge in [0.2, 0.25) is 0 Å². The molecule has 0 fully saturated rings. The lowest BCUT2D eigenvalue weighted by molar-refractivity contribution is 1.14. The van der Waals surface area contributed by atoms with Gasteiger partial charge in [-0.2, -0.15) is 0 Å². The highest BCUT2D eigenvalue weighted by Crippen LogP contribution is 2.22. The fourth-order valence-corrected chi connectivity index (χ4v) is 2.09. The van der Waals surface area contributed by atoms with Crippen LogP contribution >= 0.6 is 23.2 Å². The molecule has 0 spiro atoms. The van der Waals surface area contributed by atoms with Crippen LogP contribution < -0.4 is 5.32 Å². The minimum Gasteiger partial charge on any atom is -0.381 e. The molecule has 0 heterocycles. The van der Waals surface area contributed by atoms with E-state index < -0.39 is 0 Å². The Hall–Kier alpha value is -1.18. The van der Waals surface area contributed by atoms with Crippen molar-refractivity contribution in [2.75, 3.05) is 5.32 Å². The van der Waals surface area contributed by atoms with Gasteiger partial charge in [-0.05, 0) is 30.7 Å². The second-order valence-electron chi connectivity index (χ2n) is 4.00. The zero-order valence-electron chi connectivity index (χ0n) is 9.50. The molecule has 17 heavy (non-hydrogen) atoms. The highest BCUT2D eigenvalue weighted by atomic mass is 35.5. The fraction of sp³-hybridized carbons (Fsp3) is 0.143. The number of hydrogen-bond acceptors (Lipinski definition) is 1. The molecule has 0 radical (unpaired) electrons. The maximum absolute atomic E-state index is 5.93. The molecular formula is C14H13Cl2N. The number of benzene rings is 2. The van der Waals surface area contributed by atoms with Gasteiger partial charge in [-0.25, -0.2) is 0 Å². The zero-order valence-corrected chi connectivity index (χ0v) is 11.0. The van der Waals surface area contributed by atoms with Gasteiger partial charge in [-0.3, -0.25) is 0 Å². The quantitative estimate of drug-likeness (QED) is 0.831. The summed E-state index contributed by atoms with van der Waals surface area (Å²) in [5.41, 5.74) is 3.43. The predicted molar refractivity (Wildman–Crippen MR) is 75.0 cm³/mol. The van der Waals surface area contributed by atoms with Crippen molar-refractivity contribution in [1.82, 2.24) is 0 Å². The van der Waals surface area contributed by atoms with Crippen molar-refractivity contribution in [3.8, 4) is 0 Å². The van der Waals surface area contributed by atoms with E-state index in [1.165, 1.54) is 11.1 Å². The van der Waals surface area contributed by atoms with E-state index in [2.05, 4.69) is 36.5 Å². The molecule has 3 heteroatoms. The molecule has 0 saturated carbocycles. The van der Waals surface area contributed by atoms with Gasteiger partial charge in [-0.15, -0.1) is 0 Å². The average molecular weight is 266 g/mol. The van der Waals surface area contributed by atoms with E-state index in [0.29, 0.717) is 10.0 Å². The summed E-state index contributed by atoms with van der Waals surface area (Å²) in [7, 11) is 0. The lowest BCUT2D eigenvalue weighted by Gasteiger charge is -2.07. The summed E-state index contributed by atoms with van der Waals surface area (Å²) in [5, 5.41) is 4.58. The molecule has 2 aromatic rings. The second kappa shape index (κ2) is 5.44. The van der Waals surface area contributed by atoms with E-state index in [4.69, 9.17) is 23.2 Å². The molecule has 0 atom stereocenters. The first-order valence-electron chi connectivity index (χ1n) is 5.39. The summed E-state index contributed by atoms with van der Waals surface area (Å²) >= 11 is 11.9. The molecule has 0 unspecified atom stereocenters. The van der Waals surface area contributed by atoms with E-state index in [0.717, 1.165) is 12.2 Å². The Labute approximate surface area is 111 Å². The first-order chi connectivity index (χ1) is 8.13. The fourth-order valence-electron chi connectivity index (χ4n) is 1.57. The number of hydrogen-bond donors (Lipinski definition) is 1. The molecular weight excluding hydrogens is 253 g/mol. The van der Waals surface area contributed by atoms with Gasteiger partial charge in [-0.1, -0.05) is 53.0 Å². The van der Waals surface area contributed by atoms with Gasteiger partial charge in [0.15, 0.2) is 0 Å². The molecule has 0 bridgehead atoms. The predicted octanol–water partition coefficient (Wildman–Crippen LogP) is 4.91. The van der Waals surface area contributed by atoms with Crippen molar-refractivity contribution in [3.05, 3.63) is 63.6 Å². The van der Waals surface area contributed by atoms with Crippen LogP contribution in [0.1, 0.15) is 11.1 Å². The SMILES string of the molecule is Cc1ccc(CNc2cc(Cl)cc(Cl)c2)cc1. The van der Waals surface area contributed by atoms with Gasteiger partial charge in [0.1, 0.15) is 0 Å². The molecule has 1 nitrogen and oxygen atoms in total. The van der Waals surface area contributed by atoms with Gasteiger partial charge >= 0.3 is 0 Å². The monoisotopic (exact) mass is 265 g/mol. The summed E-state index contributed by atoms with van der Waals surface area (Å²) in [6.07, 6.45) is 0. The van der Waals surface area contributed by atoms with Gasteiger partial charge in [0.25, 0.3) is 0 Å². The van der Waals surface area contributed by atoms with Gasteiger partial charge in [0.05, 0.1) is 0 Å². The normalized spacial score (nSPS) is 10.3. The largest absolute Gasteiger partial charge is 0.381 e. The van der Waals surface area contributed by atoms with Crippen molar-refractivity contribution in [2.24, 2.45) is 0 Å². The van der Waals surface area contributed by atoms with Crippen LogP contribution in [0.4, 0.5) is 5.69 Å². The topological polar surface area (TPSA) is 12.0 Å². The van der Waals surface area contributed by atoms with Crippen LogP contribution in [0.5, 0.6) is 0 Å². The highest BCUT2D eigenvalue weighted by Gasteiger charge is 1.98. The third-order valence-electron chi connectivity index (χ3n) is 2.48. The zero-order chi connectivity index (χ0) is 12.3. The number of anilines is 1. The van der Waals surface area contributed by atoms with E-state index in [9.17, 15) is 0 Å². The minimum atomic E-state index is 0.643.